The third-order valence-electron chi connectivity index (χ3n) is 2.85. The average molecular weight is 265 g/mol. The average Bonchev–Trinajstić information content (AvgIpc) is 2.79. The fourth-order valence-corrected chi connectivity index (χ4v) is 1.83. The Balaban J connectivity index is 2.23. The predicted molar refractivity (Wildman–Crippen MR) is 68.7 cm³/mol. The van der Waals surface area contributed by atoms with Crippen molar-refractivity contribution >= 4 is 16.8 Å². The van der Waals surface area contributed by atoms with Crippen LogP contribution in [0.2, 0.25) is 0 Å². The predicted octanol–water partition coefficient (Wildman–Crippen LogP) is 1.55. The Hall–Kier alpha value is -1.99. The van der Waals surface area contributed by atoms with Crippen molar-refractivity contribution in [2.75, 3.05) is 19.7 Å². The van der Waals surface area contributed by atoms with E-state index in [0.717, 1.165) is 6.54 Å². The summed E-state index contributed by atoms with van der Waals surface area (Å²) in [6.07, 6.45) is 0. The molecule has 2 rings (SSSR count). The molecule has 0 saturated carbocycles. The van der Waals surface area contributed by atoms with Crippen molar-refractivity contribution in [3.05, 3.63) is 34.2 Å². The summed E-state index contributed by atoms with van der Waals surface area (Å²) in [5.74, 6) is 0.491. The number of hydrogen-bond acceptors (Lipinski definition) is 6. The van der Waals surface area contributed by atoms with Crippen LogP contribution >= 0.6 is 0 Å². The number of nitro groups is 1. The van der Waals surface area contributed by atoms with E-state index in [1.807, 2.05) is 11.8 Å². The van der Waals surface area contributed by atoms with E-state index in [0.29, 0.717) is 30.1 Å². The van der Waals surface area contributed by atoms with Gasteiger partial charge in [-0.1, -0.05) is 6.92 Å². The van der Waals surface area contributed by atoms with E-state index >= 15 is 0 Å². The van der Waals surface area contributed by atoms with Gasteiger partial charge in [0.25, 0.3) is 5.69 Å². The number of oxazole rings is 1. The van der Waals surface area contributed by atoms with Gasteiger partial charge in [0, 0.05) is 18.7 Å². The van der Waals surface area contributed by atoms with Gasteiger partial charge >= 0.3 is 0 Å². The zero-order valence-electron chi connectivity index (χ0n) is 10.6. The van der Waals surface area contributed by atoms with Gasteiger partial charge in [0.05, 0.1) is 18.1 Å². The second-order valence-corrected chi connectivity index (χ2v) is 4.11. The minimum Gasteiger partial charge on any atom is -0.439 e. The van der Waals surface area contributed by atoms with Crippen LogP contribution in [0.3, 0.4) is 0 Å². The fourth-order valence-electron chi connectivity index (χ4n) is 1.83. The third kappa shape index (κ3) is 3.07. The Morgan fingerprint density at radius 1 is 1.53 bits per heavy atom. The summed E-state index contributed by atoms with van der Waals surface area (Å²) >= 11 is 0. The number of non-ortho nitro benzene ring substituents is 1. The molecule has 19 heavy (non-hydrogen) atoms. The Morgan fingerprint density at radius 3 is 2.95 bits per heavy atom. The first-order chi connectivity index (χ1) is 9.13. The first-order valence-corrected chi connectivity index (χ1v) is 6.01. The molecule has 0 aliphatic heterocycles. The van der Waals surface area contributed by atoms with Gasteiger partial charge in [0.15, 0.2) is 5.58 Å². The molecule has 102 valence electrons. The summed E-state index contributed by atoms with van der Waals surface area (Å²) in [6, 6.07) is 4.33. The molecule has 1 aromatic heterocycles. The topological polar surface area (TPSA) is 92.6 Å². The number of aliphatic hydroxyl groups is 1. The summed E-state index contributed by atoms with van der Waals surface area (Å²) in [5, 5.41) is 19.6. The molecule has 0 radical (unpaired) electrons. The zero-order chi connectivity index (χ0) is 13.8. The molecule has 2 aromatic rings. The number of nitro benzene ring substituents is 1. The van der Waals surface area contributed by atoms with Gasteiger partial charge in [0.1, 0.15) is 5.52 Å². The standard InChI is InChI=1S/C12H15N3O4/c1-2-14(5-6-16)8-12-13-10-7-9(15(17)18)3-4-11(10)19-12/h3-4,7,16H,2,5-6,8H2,1H3. The van der Waals surface area contributed by atoms with Crippen molar-refractivity contribution < 1.29 is 14.4 Å². The molecule has 0 aliphatic carbocycles. The Labute approximate surface area is 109 Å². The molecule has 1 aromatic carbocycles. The van der Waals surface area contributed by atoms with Gasteiger partial charge in [-0.25, -0.2) is 4.98 Å². The van der Waals surface area contributed by atoms with E-state index in [2.05, 4.69) is 4.98 Å². The maximum atomic E-state index is 10.7. The van der Waals surface area contributed by atoms with Gasteiger partial charge in [-0.3, -0.25) is 15.0 Å². The lowest BCUT2D eigenvalue weighted by Gasteiger charge is -2.16. The molecule has 7 heteroatoms. The molecule has 0 fully saturated rings. The van der Waals surface area contributed by atoms with Crippen molar-refractivity contribution in [3.63, 3.8) is 0 Å². The van der Waals surface area contributed by atoms with E-state index in [1.165, 1.54) is 12.1 Å². The van der Waals surface area contributed by atoms with Crippen LogP contribution in [0.25, 0.3) is 11.1 Å². The minimum atomic E-state index is -0.460. The maximum absolute atomic E-state index is 10.7. The molecule has 0 bridgehead atoms. The SMILES string of the molecule is CCN(CCO)Cc1nc2cc([N+](=O)[O-])ccc2o1. The number of aliphatic hydroxyl groups excluding tert-OH is 1. The number of likely N-dealkylation sites (N-methyl/N-ethyl adjacent to an activating group) is 1. The van der Waals surface area contributed by atoms with Crippen LogP contribution in [0.4, 0.5) is 5.69 Å². The molecule has 0 aliphatic rings. The molecule has 0 amide bonds. The molecule has 1 N–H and O–H groups in total. The first-order valence-electron chi connectivity index (χ1n) is 6.01. The van der Waals surface area contributed by atoms with E-state index in [9.17, 15) is 10.1 Å². The Bertz CT molecular complexity index is 581. The van der Waals surface area contributed by atoms with Gasteiger partial charge in [-0.15, -0.1) is 0 Å². The lowest BCUT2D eigenvalue weighted by molar-refractivity contribution is -0.384. The van der Waals surface area contributed by atoms with E-state index in [4.69, 9.17) is 9.52 Å². The van der Waals surface area contributed by atoms with Gasteiger partial charge < -0.3 is 9.52 Å². The normalized spacial score (nSPS) is 11.3. The molecule has 0 unspecified atom stereocenters. The smallest absolute Gasteiger partial charge is 0.271 e. The van der Waals surface area contributed by atoms with Crippen molar-refractivity contribution in [1.29, 1.82) is 0 Å². The fraction of sp³-hybridized carbons (Fsp3) is 0.417. The number of benzene rings is 1. The summed E-state index contributed by atoms with van der Waals surface area (Å²) in [4.78, 5) is 16.4. The summed E-state index contributed by atoms with van der Waals surface area (Å²) in [5.41, 5.74) is 1.000. The van der Waals surface area contributed by atoms with Crippen molar-refractivity contribution in [2.45, 2.75) is 13.5 Å². The van der Waals surface area contributed by atoms with Crippen LogP contribution in [0.15, 0.2) is 22.6 Å². The van der Waals surface area contributed by atoms with Crippen LogP contribution in [0, 0.1) is 10.1 Å². The molecule has 0 atom stereocenters. The number of fused-ring (bicyclic) bond motifs is 1. The summed E-state index contributed by atoms with van der Waals surface area (Å²) in [7, 11) is 0. The minimum absolute atomic E-state index is 0.00458. The molecular formula is C12H15N3O4. The second kappa shape index (κ2) is 5.77. The molecular weight excluding hydrogens is 250 g/mol. The molecule has 1 heterocycles. The number of aromatic nitrogens is 1. The van der Waals surface area contributed by atoms with Gasteiger partial charge in [-0.2, -0.15) is 0 Å². The van der Waals surface area contributed by atoms with Crippen LogP contribution < -0.4 is 0 Å². The van der Waals surface area contributed by atoms with Crippen LogP contribution in [0.1, 0.15) is 12.8 Å². The monoisotopic (exact) mass is 265 g/mol. The first kappa shape index (κ1) is 13.4. The third-order valence-corrected chi connectivity index (χ3v) is 2.85. The van der Waals surface area contributed by atoms with Crippen molar-refractivity contribution in [2.24, 2.45) is 0 Å². The summed E-state index contributed by atoms with van der Waals surface area (Å²) < 4.78 is 5.52. The Kier molecular flexibility index (Phi) is 4.08. The number of rotatable bonds is 6. The second-order valence-electron chi connectivity index (χ2n) is 4.11. The number of nitrogens with zero attached hydrogens (tertiary/aromatic N) is 3. The quantitative estimate of drug-likeness (QED) is 0.629. The van der Waals surface area contributed by atoms with Gasteiger partial charge in [-0.05, 0) is 12.6 Å². The highest BCUT2D eigenvalue weighted by Gasteiger charge is 2.13. The van der Waals surface area contributed by atoms with Crippen molar-refractivity contribution in [1.82, 2.24) is 9.88 Å². The Morgan fingerprint density at radius 2 is 2.32 bits per heavy atom. The van der Waals surface area contributed by atoms with E-state index < -0.39 is 4.92 Å². The van der Waals surface area contributed by atoms with Crippen LogP contribution in [0.5, 0.6) is 0 Å². The molecule has 0 spiro atoms. The molecule has 7 nitrogen and oxygen atoms in total. The highest BCUT2D eigenvalue weighted by atomic mass is 16.6. The van der Waals surface area contributed by atoms with Crippen LogP contribution in [-0.2, 0) is 6.54 Å². The lowest BCUT2D eigenvalue weighted by Crippen LogP contribution is -2.26. The van der Waals surface area contributed by atoms with Crippen molar-refractivity contribution in [3.8, 4) is 0 Å². The number of hydrogen-bond donors (Lipinski definition) is 1. The van der Waals surface area contributed by atoms with E-state index in [-0.39, 0.29) is 12.3 Å². The van der Waals surface area contributed by atoms with E-state index in [1.54, 1.807) is 6.07 Å². The van der Waals surface area contributed by atoms with Crippen LogP contribution in [-0.4, -0.2) is 39.6 Å². The molecule has 0 saturated heterocycles. The highest BCUT2D eigenvalue weighted by Crippen LogP contribution is 2.21. The van der Waals surface area contributed by atoms with Gasteiger partial charge in [0.2, 0.25) is 5.89 Å². The zero-order valence-corrected chi connectivity index (χ0v) is 10.6. The summed E-state index contributed by atoms with van der Waals surface area (Å²) in [6.45, 7) is 3.82. The maximum Gasteiger partial charge on any atom is 0.271 e. The lowest BCUT2D eigenvalue weighted by atomic mass is 10.3. The largest absolute Gasteiger partial charge is 0.439 e. The highest BCUT2D eigenvalue weighted by molar-refractivity contribution is 5.75.